The Labute approximate surface area is 322 Å². The van der Waals surface area contributed by atoms with Crippen molar-refractivity contribution in [3.05, 3.63) is 93.4 Å². The Hall–Kier alpha value is -5.54. The molecule has 3 N–H and O–H groups in total. The summed E-state index contributed by atoms with van der Waals surface area (Å²) in [6.07, 6.45) is -3.87. The SMILES string of the molecule is CC1(O)CN(c2nc3nc([C@H](Cc4cc(F)cc(F)c4)NC(=O)Cn4nc(C(F)(F)F)c5c4C(F)(F)[C@@H]4C#C[C@H]54)c(-c4ccc5c(c4)C(=O)NC54CC4)cc3s2)C1. The van der Waals surface area contributed by atoms with Gasteiger partial charge in [-0.15, -0.1) is 0 Å². The number of nitrogens with zero attached hydrogens (tertiary/aromatic N) is 5. The third-order valence-electron chi connectivity index (χ3n) is 11.3. The van der Waals surface area contributed by atoms with E-state index >= 15 is 8.78 Å². The maximum atomic E-state index is 15.5. The molecule has 5 aromatic rings. The fourth-order valence-electron chi connectivity index (χ4n) is 8.54. The van der Waals surface area contributed by atoms with Gasteiger partial charge in [-0.05, 0) is 67.1 Å². The number of fused-ring (bicyclic) bond motifs is 6. The number of aromatic nitrogens is 4. The number of rotatable bonds is 8. The highest BCUT2D eigenvalue weighted by Gasteiger charge is 2.62. The number of carbonyl (C=O) groups is 2. The highest BCUT2D eigenvalue weighted by molar-refractivity contribution is 7.22. The zero-order chi connectivity index (χ0) is 40.0. The number of amides is 2. The first-order chi connectivity index (χ1) is 26.9. The predicted molar refractivity (Wildman–Crippen MR) is 190 cm³/mol. The highest BCUT2D eigenvalue weighted by atomic mass is 32.1. The molecule has 1 saturated carbocycles. The number of thiazole rings is 1. The molecule has 2 fully saturated rings. The van der Waals surface area contributed by atoms with Crippen LogP contribution in [0.4, 0.5) is 35.9 Å². The maximum Gasteiger partial charge on any atom is 0.435 e. The van der Waals surface area contributed by atoms with E-state index in [9.17, 15) is 36.6 Å². The molecule has 57 heavy (non-hydrogen) atoms. The molecule has 5 heterocycles. The number of hydrogen-bond acceptors (Lipinski definition) is 8. The van der Waals surface area contributed by atoms with Crippen molar-refractivity contribution in [1.82, 2.24) is 30.4 Å². The van der Waals surface area contributed by atoms with Gasteiger partial charge >= 0.3 is 12.1 Å². The summed E-state index contributed by atoms with van der Waals surface area (Å²) >= 11 is 1.28. The van der Waals surface area contributed by atoms with Crippen LogP contribution in [0.5, 0.6) is 0 Å². The molecule has 3 aliphatic carbocycles. The number of hydrogen-bond donors (Lipinski definition) is 3. The van der Waals surface area contributed by atoms with E-state index in [-0.39, 0.29) is 29.2 Å². The lowest BCUT2D eigenvalue weighted by atomic mass is 9.84. The first-order valence-electron chi connectivity index (χ1n) is 18.0. The Morgan fingerprint density at radius 3 is 2.46 bits per heavy atom. The topological polar surface area (TPSA) is 125 Å². The Kier molecular flexibility index (Phi) is 7.39. The first kappa shape index (κ1) is 35.8. The van der Waals surface area contributed by atoms with Crippen molar-refractivity contribution in [1.29, 1.82) is 0 Å². The number of carbonyl (C=O) groups excluding carboxylic acids is 2. The van der Waals surface area contributed by atoms with Crippen molar-refractivity contribution in [3.8, 4) is 23.0 Å². The third-order valence-corrected chi connectivity index (χ3v) is 12.3. The normalized spacial score (nSPS) is 21.8. The summed E-state index contributed by atoms with van der Waals surface area (Å²) in [7, 11) is 0. The van der Waals surface area contributed by atoms with E-state index in [1.807, 2.05) is 11.0 Å². The van der Waals surface area contributed by atoms with Gasteiger partial charge in [0.25, 0.3) is 5.91 Å². The van der Waals surface area contributed by atoms with Crippen LogP contribution < -0.4 is 15.5 Å². The Bertz CT molecular complexity index is 2650. The van der Waals surface area contributed by atoms with Crippen LogP contribution in [0.1, 0.15) is 75.9 Å². The average Bonchev–Trinajstić information content (AvgIpc) is 3.37. The molecule has 10 nitrogen and oxygen atoms in total. The average molecular weight is 808 g/mol. The van der Waals surface area contributed by atoms with E-state index in [1.54, 1.807) is 25.1 Å². The van der Waals surface area contributed by atoms with Crippen LogP contribution in [0.2, 0.25) is 0 Å². The second-order valence-corrected chi connectivity index (χ2v) is 16.6. The molecule has 0 unspecified atom stereocenters. The van der Waals surface area contributed by atoms with Crippen molar-refractivity contribution < 1.29 is 45.4 Å². The van der Waals surface area contributed by atoms with E-state index in [1.165, 1.54) is 11.3 Å². The van der Waals surface area contributed by atoms with Gasteiger partial charge < -0.3 is 20.6 Å². The van der Waals surface area contributed by atoms with Gasteiger partial charge in [0.1, 0.15) is 29.8 Å². The molecule has 2 amide bonds. The number of alkyl halides is 5. The lowest BCUT2D eigenvalue weighted by molar-refractivity contribution is -0.142. The second-order valence-electron chi connectivity index (χ2n) is 15.6. The lowest BCUT2D eigenvalue weighted by Gasteiger charge is -2.43. The molecule has 1 saturated heterocycles. The molecule has 2 aromatic carbocycles. The number of pyridine rings is 1. The zero-order valence-corrected chi connectivity index (χ0v) is 30.4. The van der Waals surface area contributed by atoms with Crippen molar-refractivity contribution in [2.24, 2.45) is 5.92 Å². The molecule has 2 aliphatic heterocycles. The standard InChI is InChI=1S/C39H28F7N7O3S/c1-36(56)15-52(16-36)35-49-33-27(57-35)13-22(18-2-4-24-23(11-18)34(55)50-37(24)6-7-37)30(48-33)26(10-17-8-19(40)12-20(41)9-17)47-28(54)14-53-32-29(31(51-53)39(44,45)46)21-3-5-25(21)38(32,42)43/h2,4,8-9,11-13,21,25-26,56H,6-7,10,14-16H2,1H3,(H,47,54)(H,50,55)/t21-,25+,26-/m0/s1. The second kappa shape index (κ2) is 11.8. The van der Waals surface area contributed by atoms with Gasteiger partial charge in [0.15, 0.2) is 16.5 Å². The van der Waals surface area contributed by atoms with E-state index in [0.717, 1.165) is 30.5 Å². The molecule has 5 aliphatic rings. The Balaban J connectivity index is 1.08. The van der Waals surface area contributed by atoms with E-state index < -0.39 is 82.2 Å². The minimum absolute atomic E-state index is 0.0658. The number of halogens is 7. The maximum absolute atomic E-state index is 15.5. The zero-order valence-electron chi connectivity index (χ0n) is 29.6. The molecular weight excluding hydrogens is 780 g/mol. The van der Waals surface area contributed by atoms with Crippen molar-refractivity contribution in [2.75, 3.05) is 18.0 Å². The number of anilines is 1. The Morgan fingerprint density at radius 1 is 1.07 bits per heavy atom. The van der Waals surface area contributed by atoms with E-state index in [4.69, 9.17) is 4.98 Å². The highest BCUT2D eigenvalue weighted by Crippen LogP contribution is 2.58. The molecular formula is C39H28F7N7O3S. The summed E-state index contributed by atoms with van der Waals surface area (Å²) in [6.45, 7) is 1.22. The molecule has 10 rings (SSSR count). The number of nitrogens with one attached hydrogen (secondary N) is 2. The molecule has 1 spiro atoms. The van der Waals surface area contributed by atoms with Crippen molar-refractivity contribution >= 4 is 38.6 Å². The van der Waals surface area contributed by atoms with Crippen LogP contribution in [0.3, 0.4) is 0 Å². The van der Waals surface area contributed by atoms with Crippen LogP contribution in [0, 0.1) is 29.4 Å². The lowest BCUT2D eigenvalue weighted by Crippen LogP contribution is -2.60. The van der Waals surface area contributed by atoms with Crippen LogP contribution in [0.15, 0.2) is 42.5 Å². The summed E-state index contributed by atoms with van der Waals surface area (Å²) in [5, 5.41) is 20.1. The van der Waals surface area contributed by atoms with E-state index in [0.29, 0.717) is 50.4 Å². The van der Waals surface area contributed by atoms with Gasteiger partial charge in [-0.2, -0.15) is 32.0 Å². The minimum atomic E-state index is -5.11. The summed E-state index contributed by atoms with van der Waals surface area (Å²) in [5.41, 5.74) is -2.18. The van der Waals surface area contributed by atoms with Gasteiger partial charge in [0.05, 0.1) is 46.6 Å². The van der Waals surface area contributed by atoms with Crippen LogP contribution in [-0.2, 0) is 35.4 Å². The fourth-order valence-corrected chi connectivity index (χ4v) is 9.48. The Morgan fingerprint density at radius 2 is 1.81 bits per heavy atom. The smallest absolute Gasteiger partial charge is 0.386 e. The largest absolute Gasteiger partial charge is 0.435 e. The summed E-state index contributed by atoms with van der Waals surface area (Å²) in [6, 6.07) is 8.50. The molecule has 3 atom stereocenters. The van der Waals surface area contributed by atoms with Gasteiger partial charge in [-0.3, -0.25) is 14.3 Å². The predicted octanol–water partition coefficient (Wildman–Crippen LogP) is 6.08. The summed E-state index contributed by atoms with van der Waals surface area (Å²) < 4.78 is 103. The number of benzene rings is 2. The third kappa shape index (κ3) is 5.68. The molecule has 18 heteroatoms. The van der Waals surface area contributed by atoms with Crippen molar-refractivity contribution in [2.45, 2.75) is 67.9 Å². The quantitative estimate of drug-likeness (QED) is 0.128. The number of β-amino-alcohol motifs (C(OH)–C–C–N with tert-alkyl or cyclic N) is 1. The van der Waals surface area contributed by atoms with Crippen LogP contribution in [0.25, 0.3) is 21.5 Å². The van der Waals surface area contributed by atoms with Gasteiger partial charge in [-0.25, -0.2) is 13.8 Å². The summed E-state index contributed by atoms with van der Waals surface area (Å²) in [5.74, 6) is -5.46. The molecule has 0 radical (unpaired) electrons. The molecule has 3 aromatic heterocycles. The molecule has 0 bridgehead atoms. The van der Waals surface area contributed by atoms with E-state index in [2.05, 4.69) is 32.6 Å². The van der Waals surface area contributed by atoms with Gasteiger partial charge in [0.2, 0.25) is 5.91 Å². The van der Waals surface area contributed by atoms with Crippen molar-refractivity contribution in [3.63, 3.8) is 0 Å². The van der Waals surface area contributed by atoms with Crippen LogP contribution >= 0.6 is 11.3 Å². The molecule has 292 valence electrons. The fraction of sp³-hybridized carbons (Fsp3) is 0.359. The summed E-state index contributed by atoms with van der Waals surface area (Å²) in [4.78, 5) is 38.5. The minimum Gasteiger partial charge on any atom is -0.386 e. The van der Waals surface area contributed by atoms with Crippen LogP contribution in [-0.4, -0.2) is 55.4 Å². The first-order valence-corrected chi connectivity index (χ1v) is 18.8. The number of aliphatic hydroxyl groups is 1. The van der Waals surface area contributed by atoms with Gasteiger partial charge in [0, 0.05) is 22.8 Å². The van der Waals surface area contributed by atoms with Gasteiger partial charge in [-0.1, -0.05) is 35.3 Å². The monoisotopic (exact) mass is 807 g/mol.